The fourth-order valence-corrected chi connectivity index (χ4v) is 3.13. The lowest BCUT2D eigenvalue weighted by Gasteiger charge is -2.15. The van der Waals surface area contributed by atoms with Gasteiger partial charge in [-0.3, -0.25) is 9.36 Å². The molecule has 4 aromatic heterocycles. The molecule has 6 nitrogen and oxygen atoms in total. The fourth-order valence-electron chi connectivity index (χ4n) is 3.13. The van der Waals surface area contributed by atoms with Crippen LogP contribution in [0.5, 0.6) is 0 Å². The van der Waals surface area contributed by atoms with Crippen LogP contribution in [-0.2, 0) is 6.54 Å². The molecular weight excluding hydrogens is 300 g/mol. The number of aromatic nitrogens is 6. The third kappa shape index (κ3) is 2.71. The highest BCUT2D eigenvalue weighted by Crippen LogP contribution is 2.28. The topological polar surface area (TPSA) is 64.3 Å². The van der Waals surface area contributed by atoms with Crippen LogP contribution in [0.4, 0.5) is 0 Å². The van der Waals surface area contributed by atoms with Crippen LogP contribution in [-0.4, -0.2) is 29.5 Å². The van der Waals surface area contributed by atoms with E-state index in [-0.39, 0.29) is 0 Å². The quantitative estimate of drug-likeness (QED) is 0.589. The Morgan fingerprint density at radius 2 is 2.17 bits per heavy atom. The molecule has 0 aliphatic carbocycles. The molecule has 1 unspecified atom stereocenters. The van der Waals surface area contributed by atoms with Gasteiger partial charge in [-0.15, -0.1) is 0 Å². The van der Waals surface area contributed by atoms with Gasteiger partial charge in [0.1, 0.15) is 5.65 Å². The van der Waals surface area contributed by atoms with Crippen LogP contribution in [0.2, 0.25) is 0 Å². The number of aromatic amines is 1. The monoisotopic (exact) mass is 320 g/mol. The van der Waals surface area contributed by atoms with E-state index in [1.807, 2.05) is 47.8 Å². The molecule has 1 N–H and O–H groups in total. The largest absolute Gasteiger partial charge is 0.346 e. The van der Waals surface area contributed by atoms with Crippen molar-refractivity contribution in [3.8, 4) is 11.1 Å². The van der Waals surface area contributed by atoms with Crippen molar-refractivity contribution >= 4 is 11.0 Å². The SMILES string of the molecule is CCC(CCn1cccn1)n1cc(-c2ccnc3[nH]ccc23)cn1. The summed E-state index contributed by atoms with van der Waals surface area (Å²) in [5.41, 5.74) is 3.19. The van der Waals surface area contributed by atoms with E-state index in [2.05, 4.69) is 44.0 Å². The summed E-state index contributed by atoms with van der Waals surface area (Å²) in [6.45, 7) is 3.10. The summed E-state index contributed by atoms with van der Waals surface area (Å²) in [7, 11) is 0. The van der Waals surface area contributed by atoms with Gasteiger partial charge in [-0.05, 0) is 36.6 Å². The molecule has 1 atom stereocenters. The molecule has 0 bridgehead atoms. The highest BCUT2D eigenvalue weighted by Gasteiger charge is 2.13. The summed E-state index contributed by atoms with van der Waals surface area (Å²) in [5.74, 6) is 0. The molecule has 6 heteroatoms. The number of hydrogen-bond acceptors (Lipinski definition) is 3. The molecule has 4 rings (SSSR count). The molecule has 24 heavy (non-hydrogen) atoms. The zero-order chi connectivity index (χ0) is 16.4. The molecular formula is C18H20N6. The Kier molecular flexibility index (Phi) is 3.86. The molecule has 0 radical (unpaired) electrons. The van der Waals surface area contributed by atoms with E-state index >= 15 is 0 Å². The Labute approximate surface area is 140 Å². The lowest BCUT2D eigenvalue weighted by molar-refractivity contribution is 0.379. The number of pyridine rings is 1. The van der Waals surface area contributed by atoms with E-state index in [1.165, 1.54) is 0 Å². The Morgan fingerprint density at radius 1 is 1.21 bits per heavy atom. The van der Waals surface area contributed by atoms with Crippen LogP contribution in [0.1, 0.15) is 25.8 Å². The van der Waals surface area contributed by atoms with Crippen LogP contribution in [0.3, 0.4) is 0 Å². The Morgan fingerprint density at radius 3 is 3.00 bits per heavy atom. The Hall–Kier alpha value is -2.89. The molecule has 0 saturated carbocycles. The number of hydrogen-bond donors (Lipinski definition) is 1. The number of nitrogens with zero attached hydrogens (tertiary/aromatic N) is 5. The maximum absolute atomic E-state index is 4.61. The third-order valence-electron chi connectivity index (χ3n) is 4.47. The van der Waals surface area contributed by atoms with Gasteiger partial charge in [0.2, 0.25) is 0 Å². The lowest BCUT2D eigenvalue weighted by atomic mass is 10.1. The van der Waals surface area contributed by atoms with Gasteiger partial charge >= 0.3 is 0 Å². The minimum Gasteiger partial charge on any atom is -0.346 e. The van der Waals surface area contributed by atoms with E-state index < -0.39 is 0 Å². The van der Waals surface area contributed by atoms with E-state index in [0.29, 0.717) is 6.04 Å². The molecule has 0 aromatic carbocycles. The van der Waals surface area contributed by atoms with Crippen molar-refractivity contribution in [3.63, 3.8) is 0 Å². The molecule has 0 spiro atoms. The maximum Gasteiger partial charge on any atom is 0.137 e. The number of fused-ring (bicyclic) bond motifs is 1. The van der Waals surface area contributed by atoms with Crippen molar-refractivity contribution in [2.45, 2.75) is 32.4 Å². The first kappa shape index (κ1) is 14.7. The molecule has 0 saturated heterocycles. The average Bonchev–Trinajstić information content (AvgIpc) is 3.36. The highest BCUT2D eigenvalue weighted by molar-refractivity contribution is 5.92. The van der Waals surface area contributed by atoms with Crippen LogP contribution in [0, 0.1) is 0 Å². The van der Waals surface area contributed by atoms with Gasteiger partial charge in [0.05, 0.1) is 12.2 Å². The summed E-state index contributed by atoms with van der Waals surface area (Å²) in [6, 6.07) is 6.43. The number of nitrogens with one attached hydrogen (secondary N) is 1. The van der Waals surface area contributed by atoms with E-state index in [9.17, 15) is 0 Å². The normalized spacial score (nSPS) is 12.7. The predicted octanol–water partition coefficient (Wildman–Crippen LogP) is 3.66. The van der Waals surface area contributed by atoms with Gasteiger partial charge < -0.3 is 4.98 Å². The van der Waals surface area contributed by atoms with Gasteiger partial charge in [-0.1, -0.05) is 6.92 Å². The zero-order valence-electron chi connectivity index (χ0n) is 13.6. The van der Waals surface area contributed by atoms with Gasteiger partial charge in [-0.2, -0.15) is 10.2 Å². The van der Waals surface area contributed by atoms with Crippen LogP contribution < -0.4 is 0 Å². The first-order valence-electron chi connectivity index (χ1n) is 8.29. The summed E-state index contributed by atoms with van der Waals surface area (Å²) in [4.78, 5) is 7.51. The number of aryl methyl sites for hydroxylation is 1. The molecule has 4 heterocycles. The predicted molar refractivity (Wildman–Crippen MR) is 93.5 cm³/mol. The maximum atomic E-state index is 4.61. The Balaban J connectivity index is 1.58. The highest BCUT2D eigenvalue weighted by atomic mass is 15.3. The van der Waals surface area contributed by atoms with E-state index in [4.69, 9.17) is 0 Å². The van der Waals surface area contributed by atoms with Crippen LogP contribution >= 0.6 is 0 Å². The molecule has 4 aromatic rings. The minimum absolute atomic E-state index is 0.367. The van der Waals surface area contributed by atoms with Crippen molar-refractivity contribution in [1.29, 1.82) is 0 Å². The lowest BCUT2D eigenvalue weighted by Crippen LogP contribution is -2.12. The van der Waals surface area contributed by atoms with Crippen molar-refractivity contribution in [1.82, 2.24) is 29.5 Å². The molecule has 0 fully saturated rings. The van der Waals surface area contributed by atoms with Gasteiger partial charge in [0, 0.05) is 48.5 Å². The minimum atomic E-state index is 0.367. The third-order valence-corrected chi connectivity index (χ3v) is 4.47. The smallest absolute Gasteiger partial charge is 0.137 e. The van der Waals surface area contributed by atoms with Gasteiger partial charge in [-0.25, -0.2) is 4.98 Å². The Bertz CT molecular complexity index is 918. The summed E-state index contributed by atoms with van der Waals surface area (Å²) < 4.78 is 4.05. The number of H-pyrrole nitrogens is 1. The summed E-state index contributed by atoms with van der Waals surface area (Å²) >= 11 is 0. The first-order valence-corrected chi connectivity index (χ1v) is 8.29. The number of rotatable bonds is 6. The van der Waals surface area contributed by atoms with Crippen LogP contribution in [0.25, 0.3) is 22.2 Å². The van der Waals surface area contributed by atoms with E-state index in [1.54, 1.807) is 0 Å². The second-order valence-corrected chi connectivity index (χ2v) is 5.93. The van der Waals surface area contributed by atoms with Crippen molar-refractivity contribution in [2.75, 3.05) is 0 Å². The average molecular weight is 320 g/mol. The second-order valence-electron chi connectivity index (χ2n) is 5.93. The van der Waals surface area contributed by atoms with Gasteiger partial charge in [0.25, 0.3) is 0 Å². The first-order chi connectivity index (χ1) is 11.8. The molecule has 0 amide bonds. The van der Waals surface area contributed by atoms with Crippen molar-refractivity contribution in [3.05, 3.63) is 55.4 Å². The van der Waals surface area contributed by atoms with Crippen molar-refractivity contribution in [2.24, 2.45) is 0 Å². The second kappa shape index (κ2) is 6.31. The molecule has 0 aliphatic rings. The summed E-state index contributed by atoms with van der Waals surface area (Å²) in [5, 5.41) is 10.0. The standard InChI is InChI=1S/C18H20N6/c1-2-15(6-11-23-10-3-7-21-23)24-13-14(12-22-24)16-4-8-19-18-17(16)5-9-20-18/h3-5,7-10,12-13,15H,2,6,11H2,1H3,(H,19,20). The van der Waals surface area contributed by atoms with E-state index in [0.717, 1.165) is 41.5 Å². The van der Waals surface area contributed by atoms with Gasteiger partial charge in [0.15, 0.2) is 0 Å². The summed E-state index contributed by atoms with van der Waals surface area (Å²) in [6.07, 6.45) is 13.7. The van der Waals surface area contributed by atoms with Crippen LogP contribution in [0.15, 0.2) is 55.4 Å². The zero-order valence-corrected chi connectivity index (χ0v) is 13.6. The van der Waals surface area contributed by atoms with Crippen molar-refractivity contribution < 1.29 is 0 Å². The molecule has 122 valence electrons. The fraction of sp³-hybridized carbons (Fsp3) is 0.278. The molecule has 0 aliphatic heterocycles.